The van der Waals surface area contributed by atoms with E-state index in [1.54, 1.807) is 30.4 Å². The van der Waals surface area contributed by atoms with E-state index in [4.69, 9.17) is 0 Å². The first-order valence-electron chi connectivity index (χ1n) is 7.31. The topological polar surface area (TPSA) is 55.2 Å². The standard InChI is InChI=1S/C17H17N3O2S/c1-12(16-18-8-10-23-16)19(2)15(21)11-20-9-7-13-5-3-4-6-14(13)17(20)22/h3-10,12H,11H2,1-2H3/t12-/m0/s1. The van der Waals surface area contributed by atoms with Crippen molar-refractivity contribution in [2.45, 2.75) is 19.5 Å². The number of carbonyl (C=O) groups is 1. The molecule has 0 bridgehead atoms. The molecule has 0 aliphatic rings. The minimum atomic E-state index is -0.147. The van der Waals surface area contributed by atoms with Crippen molar-refractivity contribution >= 4 is 28.0 Å². The van der Waals surface area contributed by atoms with Gasteiger partial charge in [-0.05, 0) is 24.4 Å². The van der Waals surface area contributed by atoms with E-state index in [9.17, 15) is 9.59 Å². The molecule has 3 aromatic rings. The Morgan fingerprint density at radius 1 is 1.35 bits per heavy atom. The Morgan fingerprint density at radius 2 is 2.13 bits per heavy atom. The average Bonchev–Trinajstić information content (AvgIpc) is 3.10. The number of nitrogens with zero attached hydrogens (tertiary/aromatic N) is 3. The van der Waals surface area contributed by atoms with Gasteiger partial charge in [-0.3, -0.25) is 9.59 Å². The van der Waals surface area contributed by atoms with Gasteiger partial charge in [0.05, 0.1) is 6.04 Å². The summed E-state index contributed by atoms with van der Waals surface area (Å²) in [6, 6.07) is 9.13. The molecule has 0 aliphatic carbocycles. The first-order valence-corrected chi connectivity index (χ1v) is 8.19. The predicted octanol–water partition coefficient (Wildman–Crippen LogP) is 2.68. The zero-order valence-electron chi connectivity index (χ0n) is 13.0. The Labute approximate surface area is 137 Å². The van der Waals surface area contributed by atoms with Gasteiger partial charge in [0, 0.05) is 30.2 Å². The van der Waals surface area contributed by atoms with Crippen molar-refractivity contribution in [1.29, 1.82) is 0 Å². The third-order valence-corrected chi connectivity index (χ3v) is 4.92. The third kappa shape index (κ3) is 3.03. The number of benzene rings is 1. The fourth-order valence-electron chi connectivity index (χ4n) is 2.43. The number of pyridine rings is 1. The van der Waals surface area contributed by atoms with Crippen LogP contribution >= 0.6 is 11.3 Å². The van der Waals surface area contributed by atoms with E-state index in [1.807, 2.05) is 36.6 Å². The van der Waals surface area contributed by atoms with Crippen LogP contribution in [-0.2, 0) is 11.3 Å². The lowest BCUT2D eigenvalue weighted by Gasteiger charge is -2.23. The lowest BCUT2D eigenvalue weighted by Crippen LogP contribution is -2.35. The van der Waals surface area contributed by atoms with Crippen molar-refractivity contribution in [1.82, 2.24) is 14.5 Å². The number of rotatable bonds is 4. The van der Waals surface area contributed by atoms with Gasteiger partial charge in [-0.1, -0.05) is 18.2 Å². The molecule has 5 nitrogen and oxygen atoms in total. The number of hydrogen-bond acceptors (Lipinski definition) is 4. The molecule has 2 heterocycles. The van der Waals surface area contributed by atoms with Gasteiger partial charge in [-0.2, -0.15) is 0 Å². The molecule has 0 aliphatic heterocycles. The van der Waals surface area contributed by atoms with E-state index in [0.29, 0.717) is 5.39 Å². The minimum absolute atomic E-state index is 0.0237. The molecule has 6 heteroatoms. The van der Waals surface area contributed by atoms with Crippen molar-refractivity contribution in [2.24, 2.45) is 0 Å². The summed E-state index contributed by atoms with van der Waals surface area (Å²) in [6.07, 6.45) is 3.40. The molecule has 23 heavy (non-hydrogen) atoms. The Kier molecular flexibility index (Phi) is 4.25. The lowest BCUT2D eigenvalue weighted by atomic mass is 10.2. The quantitative estimate of drug-likeness (QED) is 0.740. The van der Waals surface area contributed by atoms with Crippen LogP contribution in [0.25, 0.3) is 10.8 Å². The molecule has 1 atom stereocenters. The lowest BCUT2D eigenvalue weighted by molar-refractivity contribution is -0.132. The highest BCUT2D eigenvalue weighted by Crippen LogP contribution is 2.20. The SMILES string of the molecule is C[C@@H](c1nccs1)N(C)C(=O)Cn1ccc2ccccc2c1=O. The van der Waals surface area contributed by atoms with Crippen LogP contribution in [0, 0.1) is 0 Å². The summed E-state index contributed by atoms with van der Waals surface area (Å²) in [5, 5.41) is 4.27. The molecule has 0 fully saturated rings. The molecular formula is C17H17N3O2S. The van der Waals surface area contributed by atoms with Crippen molar-refractivity contribution in [3.63, 3.8) is 0 Å². The summed E-state index contributed by atoms with van der Waals surface area (Å²) in [5.74, 6) is -0.120. The average molecular weight is 327 g/mol. The van der Waals surface area contributed by atoms with E-state index in [1.165, 1.54) is 15.9 Å². The van der Waals surface area contributed by atoms with Crippen molar-refractivity contribution in [3.8, 4) is 0 Å². The summed E-state index contributed by atoms with van der Waals surface area (Å²) < 4.78 is 1.45. The van der Waals surface area contributed by atoms with Crippen molar-refractivity contribution in [2.75, 3.05) is 7.05 Å². The van der Waals surface area contributed by atoms with Gasteiger partial charge in [0.15, 0.2) is 0 Å². The van der Waals surface area contributed by atoms with Gasteiger partial charge in [-0.15, -0.1) is 11.3 Å². The summed E-state index contributed by atoms with van der Waals surface area (Å²) in [6.45, 7) is 1.95. The van der Waals surface area contributed by atoms with Crippen molar-refractivity contribution < 1.29 is 4.79 Å². The molecule has 1 amide bonds. The molecule has 0 N–H and O–H groups in total. The van der Waals surface area contributed by atoms with Gasteiger partial charge in [0.25, 0.3) is 5.56 Å². The Bertz CT molecular complexity index is 886. The Hall–Kier alpha value is -2.47. The molecule has 0 radical (unpaired) electrons. The van der Waals surface area contributed by atoms with E-state index in [0.717, 1.165) is 10.4 Å². The first-order chi connectivity index (χ1) is 11.1. The smallest absolute Gasteiger partial charge is 0.258 e. The summed E-state index contributed by atoms with van der Waals surface area (Å²) in [4.78, 5) is 30.8. The second kappa shape index (κ2) is 6.34. The van der Waals surface area contributed by atoms with Crippen LogP contribution in [0.4, 0.5) is 0 Å². The van der Waals surface area contributed by atoms with Crippen molar-refractivity contribution in [3.05, 3.63) is 63.5 Å². The number of aromatic nitrogens is 2. The molecule has 2 aromatic heterocycles. The number of likely N-dealkylation sites (N-methyl/N-ethyl adjacent to an activating group) is 1. The van der Waals surface area contributed by atoms with E-state index < -0.39 is 0 Å². The zero-order chi connectivity index (χ0) is 16.4. The predicted molar refractivity (Wildman–Crippen MR) is 91.5 cm³/mol. The third-order valence-electron chi connectivity index (χ3n) is 3.97. The van der Waals surface area contributed by atoms with Gasteiger partial charge in [0.2, 0.25) is 5.91 Å². The fourth-order valence-corrected chi connectivity index (χ4v) is 3.17. The molecular weight excluding hydrogens is 310 g/mol. The maximum atomic E-state index is 12.5. The minimum Gasteiger partial charge on any atom is -0.335 e. The molecule has 118 valence electrons. The Balaban J connectivity index is 1.83. The number of amides is 1. The van der Waals surface area contributed by atoms with E-state index >= 15 is 0 Å². The summed E-state index contributed by atoms with van der Waals surface area (Å²) >= 11 is 1.51. The second-order valence-electron chi connectivity index (χ2n) is 5.39. The monoisotopic (exact) mass is 327 g/mol. The Morgan fingerprint density at radius 3 is 2.87 bits per heavy atom. The van der Waals surface area contributed by atoms with Gasteiger partial charge >= 0.3 is 0 Å². The fraction of sp³-hybridized carbons (Fsp3) is 0.235. The van der Waals surface area contributed by atoms with E-state index in [2.05, 4.69) is 4.98 Å². The maximum absolute atomic E-state index is 12.5. The van der Waals surface area contributed by atoms with Gasteiger partial charge in [0.1, 0.15) is 11.6 Å². The second-order valence-corrected chi connectivity index (χ2v) is 6.31. The molecule has 1 aromatic carbocycles. The van der Waals surface area contributed by atoms with Crippen LogP contribution in [-0.4, -0.2) is 27.4 Å². The molecule has 3 rings (SSSR count). The van der Waals surface area contributed by atoms with Crippen LogP contribution in [0.5, 0.6) is 0 Å². The number of carbonyl (C=O) groups excluding carboxylic acids is 1. The molecule has 0 unspecified atom stereocenters. The number of fused-ring (bicyclic) bond motifs is 1. The zero-order valence-corrected chi connectivity index (χ0v) is 13.8. The van der Waals surface area contributed by atoms with Crippen LogP contribution in [0.1, 0.15) is 18.0 Å². The molecule has 0 saturated heterocycles. The summed E-state index contributed by atoms with van der Waals surface area (Å²) in [5.41, 5.74) is -0.147. The summed E-state index contributed by atoms with van der Waals surface area (Å²) in [7, 11) is 1.74. The number of hydrogen-bond donors (Lipinski definition) is 0. The largest absolute Gasteiger partial charge is 0.335 e. The van der Waals surface area contributed by atoms with Crippen LogP contribution < -0.4 is 5.56 Å². The normalized spacial score (nSPS) is 12.3. The molecule has 0 spiro atoms. The van der Waals surface area contributed by atoms with Crippen LogP contribution in [0.15, 0.2) is 52.9 Å². The van der Waals surface area contributed by atoms with Gasteiger partial charge in [-0.25, -0.2) is 4.98 Å². The number of thiazole rings is 1. The van der Waals surface area contributed by atoms with E-state index in [-0.39, 0.29) is 24.1 Å². The van der Waals surface area contributed by atoms with Crippen LogP contribution in [0.2, 0.25) is 0 Å². The molecule has 0 saturated carbocycles. The van der Waals surface area contributed by atoms with Crippen LogP contribution in [0.3, 0.4) is 0 Å². The maximum Gasteiger partial charge on any atom is 0.258 e. The highest BCUT2D eigenvalue weighted by Gasteiger charge is 2.20. The highest BCUT2D eigenvalue weighted by molar-refractivity contribution is 7.09. The first kappa shape index (κ1) is 15.4. The highest BCUT2D eigenvalue weighted by atomic mass is 32.1. The van der Waals surface area contributed by atoms with Gasteiger partial charge < -0.3 is 9.47 Å².